The molecule has 0 atom stereocenters. The summed E-state index contributed by atoms with van der Waals surface area (Å²) in [4.78, 5) is 20.2. The maximum atomic E-state index is 12.8. The van der Waals surface area contributed by atoms with Crippen LogP contribution in [0.15, 0.2) is 30.7 Å². The summed E-state index contributed by atoms with van der Waals surface area (Å²) in [6.45, 7) is 2.33. The number of carbonyl (C=O) groups excluding carboxylic acids is 1. The van der Waals surface area contributed by atoms with Crippen LogP contribution in [-0.4, -0.2) is 28.5 Å². The van der Waals surface area contributed by atoms with Crippen molar-refractivity contribution in [1.29, 1.82) is 0 Å². The van der Waals surface area contributed by atoms with E-state index in [4.69, 9.17) is 11.6 Å². The van der Waals surface area contributed by atoms with Gasteiger partial charge in [0.1, 0.15) is 0 Å². The van der Waals surface area contributed by atoms with Crippen LogP contribution in [0.25, 0.3) is 0 Å². The molecule has 156 valence electrons. The van der Waals surface area contributed by atoms with Gasteiger partial charge in [-0.2, -0.15) is 13.2 Å². The Morgan fingerprint density at radius 3 is 2.59 bits per heavy atom. The molecular formula is C20H22ClF3N4O. The highest BCUT2D eigenvalue weighted by Gasteiger charge is 2.31. The first-order chi connectivity index (χ1) is 13.7. The minimum atomic E-state index is -4.40. The Labute approximate surface area is 172 Å². The van der Waals surface area contributed by atoms with Gasteiger partial charge in [-0.25, -0.2) is 0 Å². The second-order valence-corrected chi connectivity index (χ2v) is 7.76. The van der Waals surface area contributed by atoms with Crippen molar-refractivity contribution < 1.29 is 18.0 Å². The van der Waals surface area contributed by atoms with Crippen LogP contribution >= 0.6 is 11.6 Å². The number of nitrogens with one attached hydrogen (secondary N) is 2. The number of aromatic nitrogens is 2. The topological polar surface area (TPSA) is 66.9 Å². The molecule has 2 heterocycles. The molecule has 1 amide bonds. The van der Waals surface area contributed by atoms with E-state index in [1.807, 2.05) is 0 Å². The summed E-state index contributed by atoms with van der Waals surface area (Å²) in [6, 6.07) is 2.74. The zero-order valence-electron chi connectivity index (χ0n) is 15.9. The van der Waals surface area contributed by atoms with E-state index in [-0.39, 0.29) is 11.9 Å². The molecule has 1 aliphatic carbocycles. The van der Waals surface area contributed by atoms with Crippen molar-refractivity contribution in [2.24, 2.45) is 5.92 Å². The number of pyridine rings is 2. The minimum Gasteiger partial charge on any atom is -0.384 e. The van der Waals surface area contributed by atoms with Crippen LogP contribution in [0.5, 0.6) is 0 Å². The number of aryl methyl sites for hydroxylation is 1. The predicted molar refractivity (Wildman–Crippen MR) is 105 cm³/mol. The number of halogens is 4. The largest absolute Gasteiger partial charge is 0.417 e. The Balaban J connectivity index is 1.47. The third-order valence-corrected chi connectivity index (χ3v) is 5.35. The molecule has 2 N–H and O–H groups in total. The van der Waals surface area contributed by atoms with Crippen molar-refractivity contribution >= 4 is 23.2 Å². The molecule has 0 bridgehead atoms. The number of carbonyl (C=O) groups is 1. The normalized spacial score (nSPS) is 19.6. The number of hydrogen-bond donors (Lipinski definition) is 2. The Hall–Kier alpha value is -2.35. The molecule has 29 heavy (non-hydrogen) atoms. The van der Waals surface area contributed by atoms with E-state index in [0.717, 1.165) is 37.9 Å². The lowest BCUT2D eigenvalue weighted by molar-refractivity contribution is -0.137. The van der Waals surface area contributed by atoms with Crippen molar-refractivity contribution in [3.05, 3.63) is 52.6 Å². The summed E-state index contributed by atoms with van der Waals surface area (Å²) < 4.78 is 38.3. The van der Waals surface area contributed by atoms with Crippen LogP contribution in [0.1, 0.15) is 47.3 Å². The first-order valence-corrected chi connectivity index (χ1v) is 9.79. The summed E-state index contributed by atoms with van der Waals surface area (Å²) in [7, 11) is 0. The monoisotopic (exact) mass is 426 g/mol. The maximum absolute atomic E-state index is 12.8. The van der Waals surface area contributed by atoms with Crippen molar-refractivity contribution in [2.75, 3.05) is 11.9 Å². The van der Waals surface area contributed by atoms with Crippen molar-refractivity contribution in [2.45, 2.75) is 44.8 Å². The van der Waals surface area contributed by atoms with Crippen molar-refractivity contribution in [1.82, 2.24) is 15.3 Å². The van der Waals surface area contributed by atoms with Gasteiger partial charge in [-0.3, -0.25) is 14.8 Å². The zero-order chi connectivity index (χ0) is 21.0. The van der Waals surface area contributed by atoms with E-state index in [9.17, 15) is 18.0 Å². The summed E-state index contributed by atoms with van der Waals surface area (Å²) in [5, 5.41) is 6.49. The molecule has 2 aromatic rings. The molecule has 1 fully saturated rings. The average molecular weight is 427 g/mol. The van der Waals surface area contributed by atoms with Crippen LogP contribution in [0.4, 0.5) is 18.9 Å². The van der Waals surface area contributed by atoms with Gasteiger partial charge < -0.3 is 10.6 Å². The van der Waals surface area contributed by atoms with Crippen LogP contribution in [0.2, 0.25) is 5.02 Å². The van der Waals surface area contributed by atoms with Crippen LogP contribution < -0.4 is 10.6 Å². The number of nitrogens with zero attached hydrogens (tertiary/aromatic N) is 2. The molecule has 5 nitrogen and oxygen atoms in total. The SMILES string of the molecule is Cc1ncc(Cl)cc1C(=O)NC1CCC(CNc2cncc(C(F)(F)F)c2)CC1. The molecule has 2 aromatic heterocycles. The molecule has 0 saturated heterocycles. The van der Waals surface area contributed by atoms with E-state index in [1.165, 1.54) is 12.4 Å². The fraction of sp³-hybridized carbons (Fsp3) is 0.450. The molecule has 9 heteroatoms. The fourth-order valence-electron chi connectivity index (χ4n) is 3.47. The fourth-order valence-corrected chi connectivity index (χ4v) is 3.62. The van der Waals surface area contributed by atoms with Gasteiger partial charge in [0.05, 0.1) is 27.5 Å². The van der Waals surface area contributed by atoms with Gasteiger partial charge in [-0.05, 0) is 50.7 Å². The number of amides is 1. The third kappa shape index (κ3) is 5.82. The first-order valence-electron chi connectivity index (χ1n) is 9.41. The molecule has 0 radical (unpaired) electrons. The minimum absolute atomic E-state index is 0.0624. The summed E-state index contributed by atoms with van der Waals surface area (Å²) in [6.07, 6.45) is 2.68. The molecule has 0 aromatic carbocycles. The molecule has 0 aliphatic heterocycles. The number of alkyl halides is 3. The molecule has 0 spiro atoms. The van der Waals surface area contributed by atoms with E-state index in [1.54, 1.807) is 13.0 Å². The first kappa shape index (κ1) is 21.4. The summed E-state index contributed by atoms with van der Waals surface area (Å²) in [5.74, 6) is 0.140. The van der Waals surface area contributed by atoms with Crippen molar-refractivity contribution in [3.8, 4) is 0 Å². The van der Waals surface area contributed by atoms with Crippen molar-refractivity contribution in [3.63, 3.8) is 0 Å². The standard InChI is InChI=1S/C20H22ClF3N4O/c1-12-18(7-15(21)10-26-12)19(29)28-16-4-2-13(3-5-16)8-27-17-6-14(9-25-11-17)20(22,23)24/h6-7,9-11,13,16,27H,2-5,8H2,1H3,(H,28,29). The van der Waals surface area contributed by atoms with Gasteiger partial charge in [-0.1, -0.05) is 11.6 Å². The average Bonchev–Trinajstić information content (AvgIpc) is 2.69. The molecular weight excluding hydrogens is 405 g/mol. The lowest BCUT2D eigenvalue weighted by Crippen LogP contribution is -2.38. The molecule has 3 rings (SSSR count). The van der Waals surface area contributed by atoms with E-state index in [0.29, 0.717) is 34.4 Å². The number of rotatable bonds is 5. The Bertz CT molecular complexity index is 867. The van der Waals surface area contributed by atoms with E-state index < -0.39 is 11.7 Å². The Morgan fingerprint density at radius 1 is 1.17 bits per heavy atom. The highest BCUT2D eigenvalue weighted by atomic mass is 35.5. The van der Waals surface area contributed by atoms with Gasteiger partial charge in [0.2, 0.25) is 0 Å². The third-order valence-electron chi connectivity index (χ3n) is 5.14. The van der Waals surface area contributed by atoms with Gasteiger partial charge in [0.25, 0.3) is 5.91 Å². The zero-order valence-corrected chi connectivity index (χ0v) is 16.6. The molecule has 1 saturated carbocycles. The second-order valence-electron chi connectivity index (χ2n) is 7.32. The highest BCUT2D eigenvalue weighted by molar-refractivity contribution is 6.30. The van der Waals surface area contributed by atoms with Gasteiger partial charge in [0, 0.05) is 31.2 Å². The van der Waals surface area contributed by atoms with Gasteiger partial charge >= 0.3 is 6.18 Å². The quantitative estimate of drug-likeness (QED) is 0.716. The summed E-state index contributed by atoms with van der Waals surface area (Å²) in [5.41, 5.74) is 0.691. The van der Waals surface area contributed by atoms with E-state index in [2.05, 4.69) is 20.6 Å². The Kier molecular flexibility index (Phi) is 6.62. The highest BCUT2D eigenvalue weighted by Crippen LogP contribution is 2.30. The lowest BCUT2D eigenvalue weighted by atomic mass is 9.86. The molecule has 1 aliphatic rings. The predicted octanol–water partition coefficient (Wildman–Crippen LogP) is 4.86. The Morgan fingerprint density at radius 2 is 1.90 bits per heavy atom. The van der Waals surface area contributed by atoms with E-state index >= 15 is 0 Å². The number of anilines is 1. The number of hydrogen-bond acceptors (Lipinski definition) is 4. The van der Waals surface area contributed by atoms with Gasteiger partial charge in [0.15, 0.2) is 0 Å². The second kappa shape index (κ2) is 8.98. The van der Waals surface area contributed by atoms with Crippen LogP contribution in [-0.2, 0) is 6.18 Å². The lowest BCUT2D eigenvalue weighted by Gasteiger charge is -2.29. The maximum Gasteiger partial charge on any atom is 0.417 e. The van der Waals surface area contributed by atoms with Gasteiger partial charge in [-0.15, -0.1) is 0 Å². The van der Waals surface area contributed by atoms with Crippen LogP contribution in [0.3, 0.4) is 0 Å². The summed E-state index contributed by atoms with van der Waals surface area (Å²) >= 11 is 5.93. The molecule has 0 unspecified atom stereocenters. The smallest absolute Gasteiger partial charge is 0.384 e. The van der Waals surface area contributed by atoms with Crippen LogP contribution in [0, 0.1) is 12.8 Å².